The fraction of sp³-hybridized carbons (Fsp3) is 0.364. The van der Waals surface area contributed by atoms with E-state index in [1.807, 2.05) is 19.2 Å². The van der Waals surface area contributed by atoms with Crippen molar-refractivity contribution in [2.75, 3.05) is 13.6 Å². The molecule has 0 amide bonds. The Morgan fingerprint density at radius 1 is 1.62 bits per heavy atom. The molecule has 5 heteroatoms. The van der Waals surface area contributed by atoms with E-state index in [9.17, 15) is 10.1 Å². The van der Waals surface area contributed by atoms with Gasteiger partial charge in [-0.1, -0.05) is 12.2 Å². The molecular formula is C11H15N3O2. The van der Waals surface area contributed by atoms with E-state index in [0.29, 0.717) is 5.69 Å². The second kappa shape index (κ2) is 5.97. The molecule has 0 unspecified atom stereocenters. The maximum atomic E-state index is 10.7. The number of nitro groups is 1. The van der Waals surface area contributed by atoms with Crippen molar-refractivity contribution >= 4 is 11.8 Å². The van der Waals surface area contributed by atoms with E-state index in [4.69, 9.17) is 0 Å². The van der Waals surface area contributed by atoms with Gasteiger partial charge in [0.05, 0.1) is 4.92 Å². The zero-order valence-electron chi connectivity index (χ0n) is 9.43. The smallest absolute Gasteiger partial charge is 0.291 e. The van der Waals surface area contributed by atoms with Crippen LogP contribution in [0.1, 0.15) is 17.7 Å². The van der Waals surface area contributed by atoms with E-state index in [2.05, 4.69) is 10.3 Å². The highest BCUT2D eigenvalue weighted by Gasteiger charge is 2.10. The zero-order valence-corrected chi connectivity index (χ0v) is 9.43. The van der Waals surface area contributed by atoms with Gasteiger partial charge in [-0.2, -0.15) is 0 Å². The number of pyridine rings is 1. The molecule has 0 aliphatic rings. The third-order valence-corrected chi connectivity index (χ3v) is 2.15. The van der Waals surface area contributed by atoms with E-state index in [1.165, 1.54) is 6.07 Å². The molecule has 1 rings (SSSR count). The molecule has 0 atom stereocenters. The molecule has 0 aromatic carbocycles. The van der Waals surface area contributed by atoms with Crippen molar-refractivity contribution in [1.82, 2.24) is 10.3 Å². The summed E-state index contributed by atoms with van der Waals surface area (Å²) in [6.45, 7) is 2.52. The Balaban J connectivity index is 2.78. The molecule has 1 aromatic rings. The standard InChI is InChI=1S/C11H15N3O2/c1-9-11(14(15)16)7-10(8-13-9)5-3-4-6-12-2/h3,5,7-8,12H,4,6H2,1-2H3. The van der Waals surface area contributed by atoms with Gasteiger partial charge >= 0.3 is 0 Å². The maximum absolute atomic E-state index is 10.7. The van der Waals surface area contributed by atoms with Crippen LogP contribution in [-0.4, -0.2) is 23.5 Å². The average molecular weight is 221 g/mol. The molecule has 0 fully saturated rings. The fourth-order valence-corrected chi connectivity index (χ4v) is 1.26. The minimum atomic E-state index is -0.409. The van der Waals surface area contributed by atoms with Crippen molar-refractivity contribution in [2.24, 2.45) is 0 Å². The van der Waals surface area contributed by atoms with Gasteiger partial charge in [-0.05, 0) is 32.5 Å². The summed E-state index contributed by atoms with van der Waals surface area (Å²) in [4.78, 5) is 14.3. The molecule has 1 N–H and O–H groups in total. The molecule has 1 heterocycles. The summed E-state index contributed by atoms with van der Waals surface area (Å²) in [5, 5.41) is 13.7. The Morgan fingerprint density at radius 3 is 3.00 bits per heavy atom. The molecule has 0 saturated carbocycles. The van der Waals surface area contributed by atoms with Crippen LogP contribution < -0.4 is 5.32 Å². The lowest BCUT2D eigenvalue weighted by Gasteiger charge is -1.98. The topological polar surface area (TPSA) is 68.1 Å². The second-order valence-electron chi connectivity index (χ2n) is 3.42. The Morgan fingerprint density at radius 2 is 2.38 bits per heavy atom. The first-order chi connectivity index (χ1) is 7.65. The first kappa shape index (κ1) is 12.3. The lowest BCUT2D eigenvalue weighted by atomic mass is 10.2. The number of nitrogens with one attached hydrogen (secondary N) is 1. The summed E-state index contributed by atoms with van der Waals surface area (Å²) in [6.07, 6.45) is 6.33. The summed E-state index contributed by atoms with van der Waals surface area (Å²) >= 11 is 0. The van der Waals surface area contributed by atoms with Crippen molar-refractivity contribution in [1.29, 1.82) is 0 Å². The zero-order chi connectivity index (χ0) is 12.0. The Kier molecular flexibility index (Phi) is 4.60. The molecule has 16 heavy (non-hydrogen) atoms. The Labute approximate surface area is 94.4 Å². The van der Waals surface area contributed by atoms with Crippen molar-refractivity contribution in [3.8, 4) is 0 Å². The van der Waals surface area contributed by atoms with Crippen molar-refractivity contribution in [2.45, 2.75) is 13.3 Å². The summed E-state index contributed by atoms with van der Waals surface area (Å²) in [6, 6.07) is 1.54. The molecule has 0 spiro atoms. The van der Waals surface area contributed by atoms with Crippen molar-refractivity contribution in [3.63, 3.8) is 0 Å². The van der Waals surface area contributed by atoms with Crippen LogP contribution in [0.25, 0.3) is 6.08 Å². The number of nitrogens with zero attached hydrogens (tertiary/aromatic N) is 2. The highest BCUT2D eigenvalue weighted by Crippen LogP contribution is 2.17. The number of hydrogen-bond acceptors (Lipinski definition) is 4. The lowest BCUT2D eigenvalue weighted by Crippen LogP contribution is -2.05. The van der Waals surface area contributed by atoms with E-state index >= 15 is 0 Å². The minimum Gasteiger partial charge on any atom is -0.319 e. The summed E-state index contributed by atoms with van der Waals surface area (Å²) < 4.78 is 0. The summed E-state index contributed by atoms with van der Waals surface area (Å²) in [5.74, 6) is 0. The van der Waals surface area contributed by atoms with E-state index in [-0.39, 0.29) is 5.69 Å². The lowest BCUT2D eigenvalue weighted by molar-refractivity contribution is -0.385. The first-order valence-corrected chi connectivity index (χ1v) is 5.07. The van der Waals surface area contributed by atoms with Crippen LogP contribution in [0.3, 0.4) is 0 Å². The largest absolute Gasteiger partial charge is 0.319 e. The van der Waals surface area contributed by atoms with Gasteiger partial charge in [0.2, 0.25) is 0 Å². The van der Waals surface area contributed by atoms with Gasteiger partial charge < -0.3 is 5.32 Å². The quantitative estimate of drug-likeness (QED) is 0.468. The van der Waals surface area contributed by atoms with Gasteiger partial charge in [0.1, 0.15) is 5.69 Å². The van der Waals surface area contributed by atoms with Crippen LogP contribution in [0.15, 0.2) is 18.3 Å². The minimum absolute atomic E-state index is 0.0655. The third kappa shape index (κ3) is 3.43. The number of rotatable bonds is 5. The fourth-order valence-electron chi connectivity index (χ4n) is 1.26. The van der Waals surface area contributed by atoms with Crippen LogP contribution in [0.5, 0.6) is 0 Å². The molecule has 0 radical (unpaired) electrons. The van der Waals surface area contributed by atoms with Gasteiger partial charge in [0.25, 0.3) is 5.69 Å². The second-order valence-corrected chi connectivity index (χ2v) is 3.42. The van der Waals surface area contributed by atoms with Crippen molar-refractivity contribution in [3.05, 3.63) is 39.7 Å². The van der Waals surface area contributed by atoms with Gasteiger partial charge in [-0.15, -0.1) is 0 Å². The molecular weight excluding hydrogens is 206 g/mol. The van der Waals surface area contributed by atoms with Crippen LogP contribution in [-0.2, 0) is 0 Å². The van der Waals surface area contributed by atoms with Crippen molar-refractivity contribution < 1.29 is 4.92 Å². The predicted octanol–water partition coefficient (Wildman–Crippen LogP) is 1.92. The predicted molar refractivity (Wildman–Crippen MR) is 63.2 cm³/mol. The number of aryl methyl sites for hydroxylation is 1. The van der Waals surface area contributed by atoms with E-state index in [1.54, 1.807) is 13.1 Å². The highest BCUT2D eigenvalue weighted by atomic mass is 16.6. The monoisotopic (exact) mass is 221 g/mol. The SMILES string of the molecule is CNCCC=Cc1cnc(C)c([N+](=O)[O-])c1. The Bertz CT molecular complexity index is 402. The van der Waals surface area contributed by atoms with Gasteiger partial charge in [0, 0.05) is 12.3 Å². The van der Waals surface area contributed by atoms with Crippen LogP contribution in [0.4, 0.5) is 5.69 Å². The normalized spacial score (nSPS) is 10.9. The van der Waals surface area contributed by atoms with Crippen LogP contribution in [0, 0.1) is 17.0 Å². The molecule has 86 valence electrons. The maximum Gasteiger partial charge on any atom is 0.291 e. The van der Waals surface area contributed by atoms with E-state index < -0.39 is 4.92 Å². The molecule has 0 aliphatic heterocycles. The van der Waals surface area contributed by atoms with Crippen LogP contribution >= 0.6 is 0 Å². The third-order valence-electron chi connectivity index (χ3n) is 2.15. The summed E-state index contributed by atoms with van der Waals surface area (Å²) in [7, 11) is 1.88. The van der Waals surface area contributed by atoms with Gasteiger partial charge in [-0.25, -0.2) is 0 Å². The molecule has 0 bridgehead atoms. The van der Waals surface area contributed by atoms with Gasteiger partial charge in [0.15, 0.2) is 0 Å². The highest BCUT2D eigenvalue weighted by molar-refractivity contribution is 5.53. The van der Waals surface area contributed by atoms with E-state index in [0.717, 1.165) is 18.5 Å². The van der Waals surface area contributed by atoms with Gasteiger partial charge in [-0.3, -0.25) is 15.1 Å². The molecule has 0 aliphatic carbocycles. The average Bonchev–Trinajstić information content (AvgIpc) is 2.26. The first-order valence-electron chi connectivity index (χ1n) is 5.07. The number of hydrogen-bond donors (Lipinski definition) is 1. The Hall–Kier alpha value is -1.75. The molecule has 0 saturated heterocycles. The van der Waals surface area contributed by atoms with Crippen LogP contribution in [0.2, 0.25) is 0 Å². The molecule has 1 aromatic heterocycles. The number of aromatic nitrogens is 1. The summed E-state index contributed by atoms with van der Waals surface area (Å²) in [5.41, 5.74) is 1.27. The molecule has 5 nitrogen and oxygen atoms in total.